The summed E-state index contributed by atoms with van der Waals surface area (Å²) in [7, 11) is 3.12. The molecule has 1 amide bonds. The Hall–Kier alpha value is -2.55. The molecule has 1 heterocycles. The summed E-state index contributed by atoms with van der Waals surface area (Å²) in [5.41, 5.74) is 1.16. The molecule has 0 saturated carbocycles. The average Bonchev–Trinajstić information content (AvgIpc) is 3.02. The van der Waals surface area contributed by atoms with Crippen LogP contribution in [0, 0.1) is 3.82 Å². The summed E-state index contributed by atoms with van der Waals surface area (Å²) in [6.45, 7) is 0. The minimum Gasteiger partial charge on any atom is -0.478 e. The number of carboxylic acid groups (broad SMARTS) is 1. The van der Waals surface area contributed by atoms with E-state index in [-0.39, 0.29) is 11.3 Å². The molecule has 0 atom stereocenters. The molecule has 2 aromatic carbocycles. The van der Waals surface area contributed by atoms with Gasteiger partial charge in [-0.3, -0.25) is 5.32 Å². The Balaban J connectivity index is 1.69. The molecule has 8 heteroatoms. The molecule has 0 aliphatic carbocycles. The smallest absolute Gasteiger partial charge is 0.417 e. The largest absolute Gasteiger partial charge is 0.478 e. The number of anilines is 1. The monoisotopic (exact) mass is 389 g/mol. The first kappa shape index (κ1) is 17.3. The third-order valence-corrected chi connectivity index (χ3v) is 6.12. The number of aromatic carboxylic acids is 1. The van der Waals surface area contributed by atoms with Gasteiger partial charge in [0.1, 0.15) is 9.57 Å². The predicted molar refractivity (Wildman–Crippen MR) is 102 cm³/mol. The number of carbonyl (C=O) groups is 2. The van der Waals surface area contributed by atoms with Gasteiger partial charge in [0.2, 0.25) is 0 Å². The lowest BCUT2D eigenvalue weighted by Crippen LogP contribution is -2.18. The minimum absolute atomic E-state index is 0.00605. The molecule has 25 heavy (non-hydrogen) atoms. The Morgan fingerprint density at radius 1 is 1.04 bits per heavy atom. The first-order valence-electron chi connectivity index (χ1n) is 7.05. The zero-order valence-electron chi connectivity index (χ0n) is 12.6. The first-order valence-corrected chi connectivity index (χ1v) is 9.60. The number of ether oxygens (including phenoxy) is 1. The SMILES string of the molecule is O=C(Nc1ccccc1C(=O)O)Oc1ccc(-c2cc(=S)ss2)cc1. The highest BCUT2D eigenvalue weighted by Gasteiger charge is 2.13. The molecule has 0 aliphatic rings. The predicted octanol–water partition coefficient (Wildman–Crippen LogP) is 5.52. The number of amides is 1. The second-order valence-corrected chi connectivity index (χ2v) is 7.80. The van der Waals surface area contributed by atoms with Crippen LogP contribution in [0.4, 0.5) is 10.5 Å². The lowest BCUT2D eigenvalue weighted by Gasteiger charge is -2.09. The molecule has 126 valence electrons. The highest BCUT2D eigenvalue weighted by molar-refractivity contribution is 7.80. The topological polar surface area (TPSA) is 75.6 Å². The van der Waals surface area contributed by atoms with Gasteiger partial charge in [-0.25, -0.2) is 9.59 Å². The summed E-state index contributed by atoms with van der Waals surface area (Å²) in [6.07, 6.45) is -0.757. The fourth-order valence-corrected chi connectivity index (χ4v) is 4.48. The number of para-hydroxylation sites is 1. The van der Waals surface area contributed by atoms with Gasteiger partial charge in [-0.05, 0) is 48.0 Å². The summed E-state index contributed by atoms with van der Waals surface area (Å²) in [5.74, 6) is -0.772. The summed E-state index contributed by atoms with van der Waals surface area (Å²) >= 11 is 5.12. The van der Waals surface area contributed by atoms with Crippen LogP contribution in [0.25, 0.3) is 10.4 Å². The van der Waals surface area contributed by atoms with E-state index in [4.69, 9.17) is 22.1 Å². The van der Waals surface area contributed by atoms with E-state index >= 15 is 0 Å². The van der Waals surface area contributed by atoms with Crippen LogP contribution in [0.5, 0.6) is 5.75 Å². The molecule has 1 aromatic heterocycles. The van der Waals surface area contributed by atoms with E-state index in [1.54, 1.807) is 34.6 Å². The summed E-state index contributed by atoms with van der Waals surface area (Å²) < 4.78 is 6.02. The van der Waals surface area contributed by atoms with Crippen molar-refractivity contribution in [1.29, 1.82) is 0 Å². The molecule has 3 rings (SSSR count). The van der Waals surface area contributed by atoms with Crippen molar-refractivity contribution in [2.45, 2.75) is 0 Å². The van der Waals surface area contributed by atoms with E-state index in [0.29, 0.717) is 5.75 Å². The van der Waals surface area contributed by atoms with Crippen LogP contribution in [0.3, 0.4) is 0 Å². The Morgan fingerprint density at radius 3 is 2.40 bits per heavy atom. The van der Waals surface area contributed by atoms with Crippen LogP contribution in [-0.2, 0) is 0 Å². The quantitative estimate of drug-likeness (QED) is 0.454. The van der Waals surface area contributed by atoms with Crippen molar-refractivity contribution in [1.82, 2.24) is 0 Å². The van der Waals surface area contributed by atoms with Crippen LogP contribution >= 0.6 is 32.9 Å². The van der Waals surface area contributed by atoms with Crippen LogP contribution in [0.1, 0.15) is 10.4 Å². The van der Waals surface area contributed by atoms with Crippen molar-refractivity contribution < 1.29 is 19.4 Å². The second kappa shape index (κ2) is 7.56. The van der Waals surface area contributed by atoms with Crippen molar-refractivity contribution in [2.24, 2.45) is 0 Å². The first-order chi connectivity index (χ1) is 12.0. The number of hydrogen-bond donors (Lipinski definition) is 2. The third-order valence-electron chi connectivity index (χ3n) is 3.21. The third kappa shape index (κ3) is 4.30. The zero-order valence-corrected chi connectivity index (χ0v) is 15.0. The molecule has 0 spiro atoms. The summed E-state index contributed by atoms with van der Waals surface area (Å²) in [6, 6.07) is 15.1. The highest BCUT2D eigenvalue weighted by atomic mass is 32.9. The lowest BCUT2D eigenvalue weighted by molar-refractivity contribution is 0.0698. The van der Waals surface area contributed by atoms with Crippen molar-refractivity contribution >= 4 is 50.6 Å². The van der Waals surface area contributed by atoms with Crippen LogP contribution < -0.4 is 10.1 Å². The summed E-state index contributed by atoms with van der Waals surface area (Å²) in [5, 5.41) is 11.5. The number of carbonyl (C=O) groups excluding carboxylic acids is 1. The van der Waals surface area contributed by atoms with Crippen molar-refractivity contribution in [3.63, 3.8) is 0 Å². The fourth-order valence-electron chi connectivity index (χ4n) is 2.08. The van der Waals surface area contributed by atoms with Crippen molar-refractivity contribution in [3.8, 4) is 16.2 Å². The molecule has 3 aromatic rings. The Bertz CT molecular complexity index is 976. The lowest BCUT2D eigenvalue weighted by atomic mass is 10.2. The zero-order chi connectivity index (χ0) is 17.8. The van der Waals surface area contributed by atoms with Gasteiger partial charge in [-0.1, -0.05) is 45.0 Å². The van der Waals surface area contributed by atoms with E-state index in [1.165, 1.54) is 22.5 Å². The molecule has 0 saturated heterocycles. The van der Waals surface area contributed by atoms with Gasteiger partial charge >= 0.3 is 12.1 Å². The summed E-state index contributed by atoms with van der Waals surface area (Å²) in [4.78, 5) is 24.2. The normalized spacial score (nSPS) is 10.2. The standard InChI is InChI=1S/C17H11NO4S3/c19-16(20)12-3-1-2-4-13(12)18-17(21)22-11-7-5-10(6-8-11)14-9-15(23)25-24-14/h1-9H,(H,18,21)(H,19,20). The van der Waals surface area contributed by atoms with Gasteiger partial charge in [0.25, 0.3) is 0 Å². The van der Waals surface area contributed by atoms with Crippen LogP contribution in [0.15, 0.2) is 54.6 Å². The molecule has 0 unspecified atom stereocenters. The molecule has 0 fully saturated rings. The van der Waals surface area contributed by atoms with E-state index in [1.807, 2.05) is 18.2 Å². The van der Waals surface area contributed by atoms with Gasteiger partial charge in [0.15, 0.2) is 0 Å². The number of rotatable bonds is 4. The van der Waals surface area contributed by atoms with Crippen molar-refractivity contribution in [3.05, 3.63) is 64.0 Å². The molecule has 0 bridgehead atoms. The van der Waals surface area contributed by atoms with E-state index in [2.05, 4.69) is 5.32 Å². The van der Waals surface area contributed by atoms with Crippen LogP contribution in [-0.4, -0.2) is 17.2 Å². The molecule has 2 N–H and O–H groups in total. The number of carboxylic acids is 1. The molecule has 0 radical (unpaired) electrons. The Morgan fingerprint density at radius 2 is 1.76 bits per heavy atom. The number of nitrogens with one attached hydrogen (secondary N) is 1. The van der Waals surface area contributed by atoms with E-state index < -0.39 is 12.1 Å². The van der Waals surface area contributed by atoms with Gasteiger partial charge in [-0.2, -0.15) is 0 Å². The highest BCUT2D eigenvalue weighted by Crippen LogP contribution is 2.30. The Kier molecular flexibility index (Phi) is 5.22. The molecule has 5 nitrogen and oxygen atoms in total. The maximum Gasteiger partial charge on any atom is 0.417 e. The number of hydrogen-bond acceptors (Lipinski definition) is 6. The van der Waals surface area contributed by atoms with Gasteiger partial charge in [-0.15, -0.1) is 0 Å². The van der Waals surface area contributed by atoms with E-state index in [9.17, 15) is 9.59 Å². The van der Waals surface area contributed by atoms with Gasteiger partial charge in [0, 0.05) is 4.88 Å². The molecule has 0 aliphatic heterocycles. The second-order valence-electron chi connectivity index (χ2n) is 4.88. The van der Waals surface area contributed by atoms with Crippen LogP contribution in [0.2, 0.25) is 0 Å². The minimum atomic E-state index is -1.13. The maximum atomic E-state index is 12.0. The van der Waals surface area contributed by atoms with E-state index in [0.717, 1.165) is 14.3 Å². The van der Waals surface area contributed by atoms with Gasteiger partial charge < -0.3 is 9.84 Å². The van der Waals surface area contributed by atoms with Crippen molar-refractivity contribution in [2.75, 3.05) is 5.32 Å². The number of benzene rings is 2. The van der Waals surface area contributed by atoms with Gasteiger partial charge in [0.05, 0.1) is 11.3 Å². The molecular weight excluding hydrogens is 378 g/mol. The average molecular weight is 389 g/mol. The Labute approximate surface area is 155 Å². The fraction of sp³-hybridized carbons (Fsp3) is 0. The maximum absolute atomic E-state index is 12.0. The molecular formula is C17H11NO4S3.